The Bertz CT molecular complexity index is 1050. The predicted octanol–water partition coefficient (Wildman–Crippen LogP) is 7.40. The van der Waals surface area contributed by atoms with Crippen LogP contribution in [-0.4, -0.2) is 12.8 Å². The first-order valence-electron chi connectivity index (χ1n) is 9.51. The number of nitrogens with zero attached hydrogens (tertiary/aromatic N) is 1. The third kappa shape index (κ3) is 6.44. The van der Waals surface area contributed by atoms with Crippen molar-refractivity contribution in [3.8, 4) is 11.5 Å². The monoisotopic (exact) mass is 496 g/mol. The molecule has 0 atom stereocenters. The first-order valence-corrected chi connectivity index (χ1v) is 11.0. The van der Waals surface area contributed by atoms with Gasteiger partial charge in [0, 0.05) is 26.2 Å². The molecule has 31 heavy (non-hydrogen) atoms. The molecule has 0 unspecified atom stereocenters. The van der Waals surface area contributed by atoms with E-state index < -0.39 is 0 Å². The van der Waals surface area contributed by atoms with Crippen molar-refractivity contribution >= 4 is 52.6 Å². The lowest BCUT2D eigenvalue weighted by atomic mass is 10.2. The fraction of sp³-hybridized carbons (Fsp3) is 0.174. The van der Waals surface area contributed by atoms with Crippen molar-refractivity contribution in [2.75, 3.05) is 6.61 Å². The molecule has 0 spiro atoms. The van der Waals surface area contributed by atoms with Gasteiger partial charge in [0.05, 0.1) is 24.4 Å². The lowest BCUT2D eigenvalue weighted by Crippen LogP contribution is -2.07. The molecule has 4 nitrogen and oxygen atoms in total. The number of rotatable bonds is 9. The van der Waals surface area contributed by atoms with Crippen LogP contribution in [0.25, 0.3) is 0 Å². The van der Waals surface area contributed by atoms with Crippen LogP contribution in [0.5, 0.6) is 11.5 Å². The van der Waals surface area contributed by atoms with Crippen LogP contribution in [0.4, 0.5) is 0 Å². The van der Waals surface area contributed by atoms with E-state index in [9.17, 15) is 0 Å². The summed E-state index contributed by atoms with van der Waals surface area (Å²) in [5.74, 6) is 0.981. The minimum atomic E-state index is 0.271. The second-order valence-corrected chi connectivity index (χ2v) is 8.07. The van der Waals surface area contributed by atoms with Gasteiger partial charge in [0.25, 0.3) is 0 Å². The third-order valence-corrected chi connectivity index (χ3v) is 5.64. The molecule has 0 aliphatic carbocycles. The van der Waals surface area contributed by atoms with Crippen LogP contribution in [0.15, 0.2) is 59.7 Å². The first-order chi connectivity index (χ1) is 15.0. The number of hydrogen-bond acceptors (Lipinski definition) is 4. The van der Waals surface area contributed by atoms with Crippen LogP contribution in [0.3, 0.4) is 0 Å². The van der Waals surface area contributed by atoms with Crippen LogP contribution >= 0.6 is 46.4 Å². The van der Waals surface area contributed by atoms with E-state index >= 15 is 0 Å². The van der Waals surface area contributed by atoms with Gasteiger partial charge in [-0.3, -0.25) is 0 Å². The normalized spacial score (nSPS) is 11.0. The Morgan fingerprint density at radius 1 is 0.871 bits per heavy atom. The van der Waals surface area contributed by atoms with E-state index in [1.54, 1.807) is 30.5 Å². The molecule has 0 saturated carbocycles. The number of benzene rings is 3. The van der Waals surface area contributed by atoms with Gasteiger partial charge < -0.3 is 14.9 Å². The van der Waals surface area contributed by atoms with Gasteiger partial charge >= 0.3 is 0 Å². The van der Waals surface area contributed by atoms with Gasteiger partial charge in [-0.2, -0.15) is 5.10 Å². The fourth-order valence-electron chi connectivity index (χ4n) is 2.78. The van der Waals surface area contributed by atoms with Gasteiger partial charge in [0.15, 0.2) is 11.5 Å². The molecular formula is C23H20Cl4N2O2. The number of ether oxygens (including phenoxy) is 2. The van der Waals surface area contributed by atoms with Crippen molar-refractivity contribution < 1.29 is 9.47 Å². The summed E-state index contributed by atoms with van der Waals surface area (Å²) in [4.78, 5) is 0. The molecule has 162 valence electrons. The average Bonchev–Trinajstić information content (AvgIpc) is 2.73. The van der Waals surface area contributed by atoms with Crippen molar-refractivity contribution in [3.63, 3.8) is 0 Å². The smallest absolute Gasteiger partial charge is 0.180 e. The number of hydrazone groups is 1. The van der Waals surface area contributed by atoms with Crippen molar-refractivity contribution in [2.24, 2.45) is 5.10 Å². The molecule has 0 aliphatic rings. The molecule has 0 heterocycles. The minimum absolute atomic E-state index is 0.271. The highest BCUT2D eigenvalue weighted by molar-refractivity contribution is 6.36. The van der Waals surface area contributed by atoms with Crippen molar-refractivity contribution in [1.29, 1.82) is 0 Å². The second kappa shape index (κ2) is 11.5. The Balaban J connectivity index is 1.71. The van der Waals surface area contributed by atoms with Gasteiger partial charge in [-0.1, -0.05) is 70.7 Å². The van der Waals surface area contributed by atoms with Crippen molar-refractivity contribution in [1.82, 2.24) is 5.43 Å². The summed E-state index contributed by atoms with van der Waals surface area (Å²) in [7, 11) is 0. The van der Waals surface area contributed by atoms with Gasteiger partial charge in [0.1, 0.15) is 6.61 Å². The van der Waals surface area contributed by atoms with Gasteiger partial charge in [-0.15, -0.1) is 0 Å². The molecule has 0 aliphatic heterocycles. The van der Waals surface area contributed by atoms with E-state index in [0.29, 0.717) is 44.7 Å². The van der Waals surface area contributed by atoms with Gasteiger partial charge in [0.2, 0.25) is 0 Å². The van der Waals surface area contributed by atoms with Crippen molar-refractivity contribution in [3.05, 3.63) is 91.4 Å². The van der Waals surface area contributed by atoms with Crippen LogP contribution in [0.2, 0.25) is 20.1 Å². The summed E-state index contributed by atoms with van der Waals surface area (Å²) >= 11 is 25.0. The van der Waals surface area contributed by atoms with E-state index in [2.05, 4.69) is 10.5 Å². The topological polar surface area (TPSA) is 42.8 Å². The first kappa shape index (κ1) is 23.6. The molecule has 0 bridgehead atoms. The maximum absolute atomic E-state index is 6.47. The SMILES string of the molecule is CCOc1cc(/C=N/NCc2c(Cl)cccc2Cl)cc(Cl)c1OCc1ccccc1Cl. The van der Waals surface area contributed by atoms with E-state index in [1.807, 2.05) is 37.3 Å². The molecule has 8 heteroatoms. The largest absolute Gasteiger partial charge is 0.490 e. The lowest BCUT2D eigenvalue weighted by Gasteiger charge is -2.15. The quantitative estimate of drug-likeness (QED) is 0.247. The fourth-order valence-corrected chi connectivity index (χ4v) is 3.77. The van der Waals surface area contributed by atoms with E-state index in [-0.39, 0.29) is 6.61 Å². The van der Waals surface area contributed by atoms with E-state index in [0.717, 1.165) is 16.7 Å². The Labute approximate surface area is 201 Å². The average molecular weight is 498 g/mol. The summed E-state index contributed by atoms with van der Waals surface area (Å²) in [6.07, 6.45) is 1.64. The molecule has 0 amide bonds. The maximum Gasteiger partial charge on any atom is 0.180 e. The van der Waals surface area contributed by atoms with Gasteiger partial charge in [-0.25, -0.2) is 0 Å². The zero-order valence-electron chi connectivity index (χ0n) is 16.7. The summed E-state index contributed by atoms with van der Waals surface area (Å²) in [5, 5.41) is 6.43. The predicted molar refractivity (Wildman–Crippen MR) is 129 cm³/mol. The molecular weight excluding hydrogens is 478 g/mol. The second-order valence-electron chi connectivity index (χ2n) is 6.44. The highest BCUT2D eigenvalue weighted by Crippen LogP contribution is 2.37. The Kier molecular flexibility index (Phi) is 8.73. The molecule has 0 saturated heterocycles. The molecule has 3 rings (SSSR count). The number of halogens is 4. The standard InChI is InChI=1S/C23H20Cl4N2O2/c1-2-30-22-11-15(12-28-29-13-17-19(25)8-5-9-20(17)26)10-21(27)23(22)31-14-16-6-3-4-7-18(16)24/h3-12,29H,2,13-14H2,1H3/b28-12+. The summed E-state index contributed by atoms with van der Waals surface area (Å²) in [6, 6.07) is 16.4. The highest BCUT2D eigenvalue weighted by Gasteiger charge is 2.13. The Morgan fingerprint density at radius 2 is 1.58 bits per heavy atom. The zero-order valence-corrected chi connectivity index (χ0v) is 19.7. The zero-order chi connectivity index (χ0) is 22.2. The molecule has 0 radical (unpaired) electrons. The lowest BCUT2D eigenvalue weighted by molar-refractivity contribution is 0.269. The third-order valence-electron chi connectivity index (χ3n) is 4.28. The molecule has 1 N–H and O–H groups in total. The van der Waals surface area contributed by atoms with Crippen LogP contribution < -0.4 is 14.9 Å². The summed E-state index contributed by atoms with van der Waals surface area (Å²) in [5.41, 5.74) is 5.32. The molecule has 0 aromatic heterocycles. The maximum atomic E-state index is 6.47. The Morgan fingerprint density at radius 3 is 2.29 bits per heavy atom. The molecule has 3 aromatic rings. The van der Waals surface area contributed by atoms with Gasteiger partial charge in [-0.05, 0) is 42.8 Å². The van der Waals surface area contributed by atoms with Crippen LogP contribution in [-0.2, 0) is 13.2 Å². The van der Waals surface area contributed by atoms with Crippen LogP contribution in [0.1, 0.15) is 23.6 Å². The highest BCUT2D eigenvalue weighted by atomic mass is 35.5. The molecule has 0 fully saturated rings. The van der Waals surface area contributed by atoms with E-state index in [1.165, 1.54) is 0 Å². The van der Waals surface area contributed by atoms with E-state index in [4.69, 9.17) is 55.9 Å². The summed E-state index contributed by atoms with van der Waals surface area (Å²) < 4.78 is 11.6. The number of hydrogen-bond donors (Lipinski definition) is 1. The minimum Gasteiger partial charge on any atom is -0.490 e. The number of nitrogens with one attached hydrogen (secondary N) is 1. The Hall–Kier alpha value is -2.11. The van der Waals surface area contributed by atoms with Crippen LogP contribution in [0, 0.1) is 0 Å². The molecule has 3 aromatic carbocycles. The summed E-state index contributed by atoms with van der Waals surface area (Å²) in [6.45, 7) is 3.01. The van der Waals surface area contributed by atoms with Crippen molar-refractivity contribution in [2.45, 2.75) is 20.1 Å².